The van der Waals surface area contributed by atoms with Crippen LogP contribution in [-0.2, 0) is 16.0 Å². The molecule has 0 spiro atoms. The van der Waals surface area contributed by atoms with Gasteiger partial charge in [0.05, 0.1) is 11.6 Å². The Morgan fingerprint density at radius 1 is 1.12 bits per heavy atom. The lowest BCUT2D eigenvalue weighted by molar-refractivity contribution is -0.147. The van der Waals surface area contributed by atoms with Crippen molar-refractivity contribution < 1.29 is 19.4 Å². The molecular weight excluding hydrogens is 377 g/mol. The van der Waals surface area contributed by atoms with Crippen LogP contribution in [0.4, 0.5) is 0 Å². The van der Waals surface area contributed by atoms with Gasteiger partial charge in [0.2, 0.25) is 0 Å². The predicted octanol–water partition coefficient (Wildman–Crippen LogP) is 3.79. The van der Waals surface area contributed by atoms with Crippen LogP contribution in [-0.4, -0.2) is 34.5 Å². The molecule has 3 rings (SSSR count). The first kappa shape index (κ1) is 18.3. The molecule has 1 N–H and O–H groups in total. The third kappa shape index (κ3) is 4.00. The number of para-hydroxylation sites is 1. The molecule has 0 aromatic heterocycles. The Kier molecular flexibility index (Phi) is 5.49. The molecule has 1 aliphatic heterocycles. The van der Waals surface area contributed by atoms with Crippen LogP contribution in [0.5, 0.6) is 5.75 Å². The van der Waals surface area contributed by atoms with Gasteiger partial charge in [-0.15, -0.1) is 0 Å². The Morgan fingerprint density at radius 2 is 1.77 bits per heavy atom. The van der Waals surface area contributed by atoms with Crippen molar-refractivity contribution in [2.75, 3.05) is 6.54 Å². The number of aliphatic carboxylic acids is 1. The molecule has 1 amide bonds. The molecule has 2 aromatic carbocycles. The second-order valence-electron chi connectivity index (χ2n) is 5.76. The molecule has 1 heterocycles. The zero-order valence-electron chi connectivity index (χ0n) is 13.6. The number of benzene rings is 2. The van der Waals surface area contributed by atoms with Crippen LogP contribution in [0.3, 0.4) is 0 Å². The summed E-state index contributed by atoms with van der Waals surface area (Å²) in [6.45, 7) is 0.0471. The summed E-state index contributed by atoms with van der Waals surface area (Å²) in [7, 11) is 0. The Bertz CT molecular complexity index is 881. The number of ether oxygens (including phenoxy) is 1. The number of carboxylic acids is 1. The highest BCUT2D eigenvalue weighted by Gasteiger charge is 2.34. The van der Waals surface area contributed by atoms with E-state index in [1.54, 1.807) is 48.5 Å². The Hall–Kier alpha value is -2.50. The van der Waals surface area contributed by atoms with E-state index in [1.165, 1.54) is 11.0 Å². The summed E-state index contributed by atoms with van der Waals surface area (Å²) >= 11 is 12.2. The van der Waals surface area contributed by atoms with Crippen molar-refractivity contribution in [3.8, 4) is 5.75 Å². The fraction of sp³-hybridized carbons (Fsp3) is 0.158. The van der Waals surface area contributed by atoms with Gasteiger partial charge in [0.1, 0.15) is 17.6 Å². The van der Waals surface area contributed by atoms with E-state index in [0.29, 0.717) is 27.1 Å². The minimum Gasteiger partial charge on any atom is -0.480 e. The zero-order chi connectivity index (χ0) is 18.7. The molecule has 1 aliphatic rings. The maximum absolute atomic E-state index is 12.3. The lowest BCUT2D eigenvalue weighted by atomic mass is 10.0. The maximum atomic E-state index is 12.3. The second-order valence-corrected chi connectivity index (χ2v) is 6.57. The van der Waals surface area contributed by atoms with E-state index in [2.05, 4.69) is 0 Å². The molecule has 0 aliphatic carbocycles. The molecule has 0 bridgehead atoms. The van der Waals surface area contributed by atoms with E-state index < -0.39 is 17.9 Å². The van der Waals surface area contributed by atoms with Gasteiger partial charge < -0.3 is 14.7 Å². The van der Waals surface area contributed by atoms with Crippen molar-refractivity contribution in [1.29, 1.82) is 0 Å². The standard InChI is InChI=1S/C19H15Cl2NO4/c20-14-6-2-1-5-12(14)9-16(19(24)25)22-11-13(10-18(22)23)26-17-8-4-3-7-15(17)21/h1-8,10,16H,9,11H2,(H,24,25). The number of carbonyl (C=O) groups excluding carboxylic acids is 1. The molecule has 1 atom stereocenters. The summed E-state index contributed by atoms with van der Waals surface area (Å²) in [5, 5.41) is 10.5. The number of nitrogens with zero attached hydrogens (tertiary/aromatic N) is 1. The second kappa shape index (κ2) is 7.81. The van der Waals surface area contributed by atoms with Crippen molar-refractivity contribution in [3.63, 3.8) is 0 Å². The number of rotatable bonds is 6. The van der Waals surface area contributed by atoms with Gasteiger partial charge in [0.15, 0.2) is 0 Å². The number of carbonyl (C=O) groups is 2. The SMILES string of the molecule is O=C(O)C(Cc1ccccc1Cl)N1CC(Oc2ccccc2Cl)=CC1=O. The normalized spacial score (nSPS) is 14.9. The van der Waals surface area contributed by atoms with Crippen LogP contribution in [0, 0.1) is 0 Å². The fourth-order valence-electron chi connectivity index (χ4n) is 2.71. The topological polar surface area (TPSA) is 66.8 Å². The predicted molar refractivity (Wildman–Crippen MR) is 98.5 cm³/mol. The van der Waals surface area contributed by atoms with Gasteiger partial charge in [-0.1, -0.05) is 53.5 Å². The summed E-state index contributed by atoms with van der Waals surface area (Å²) in [5.41, 5.74) is 0.662. The first-order chi connectivity index (χ1) is 12.5. The molecule has 7 heteroatoms. The summed E-state index contributed by atoms with van der Waals surface area (Å²) < 4.78 is 5.66. The maximum Gasteiger partial charge on any atom is 0.326 e. The van der Waals surface area contributed by atoms with E-state index in [9.17, 15) is 14.7 Å². The highest BCUT2D eigenvalue weighted by atomic mass is 35.5. The summed E-state index contributed by atoms with van der Waals surface area (Å²) in [6, 6.07) is 12.8. The van der Waals surface area contributed by atoms with E-state index in [-0.39, 0.29) is 13.0 Å². The number of carboxylic acid groups (broad SMARTS) is 1. The number of halogens is 2. The van der Waals surface area contributed by atoms with Crippen molar-refractivity contribution in [1.82, 2.24) is 4.90 Å². The average Bonchev–Trinajstić information content (AvgIpc) is 2.96. The lowest BCUT2D eigenvalue weighted by Gasteiger charge is -2.25. The molecule has 26 heavy (non-hydrogen) atoms. The Morgan fingerprint density at radius 3 is 2.42 bits per heavy atom. The van der Waals surface area contributed by atoms with Crippen LogP contribution in [0.1, 0.15) is 5.56 Å². The van der Waals surface area contributed by atoms with Crippen LogP contribution in [0.15, 0.2) is 60.4 Å². The van der Waals surface area contributed by atoms with E-state index >= 15 is 0 Å². The van der Waals surface area contributed by atoms with Gasteiger partial charge in [-0.3, -0.25) is 4.79 Å². The van der Waals surface area contributed by atoms with Crippen LogP contribution in [0.2, 0.25) is 10.0 Å². The van der Waals surface area contributed by atoms with Crippen molar-refractivity contribution >= 4 is 35.1 Å². The van der Waals surface area contributed by atoms with E-state index in [1.807, 2.05) is 0 Å². The first-order valence-corrected chi connectivity index (χ1v) is 8.61. The van der Waals surface area contributed by atoms with E-state index in [0.717, 1.165) is 0 Å². The smallest absolute Gasteiger partial charge is 0.326 e. The van der Waals surface area contributed by atoms with Gasteiger partial charge in [0, 0.05) is 17.5 Å². The number of amides is 1. The molecule has 0 fully saturated rings. The lowest BCUT2D eigenvalue weighted by Crippen LogP contribution is -2.44. The zero-order valence-corrected chi connectivity index (χ0v) is 15.1. The van der Waals surface area contributed by atoms with E-state index in [4.69, 9.17) is 27.9 Å². The highest BCUT2D eigenvalue weighted by molar-refractivity contribution is 6.32. The largest absolute Gasteiger partial charge is 0.480 e. The highest BCUT2D eigenvalue weighted by Crippen LogP contribution is 2.28. The van der Waals surface area contributed by atoms with Gasteiger partial charge >= 0.3 is 5.97 Å². The average molecular weight is 392 g/mol. The Balaban J connectivity index is 1.76. The third-order valence-corrected chi connectivity index (χ3v) is 4.68. The Labute approximate surface area is 160 Å². The quantitative estimate of drug-likeness (QED) is 0.812. The summed E-state index contributed by atoms with van der Waals surface area (Å²) in [5.74, 6) is -0.779. The van der Waals surface area contributed by atoms with Crippen molar-refractivity contribution in [3.05, 3.63) is 76.0 Å². The van der Waals surface area contributed by atoms with Gasteiger partial charge in [0.25, 0.3) is 5.91 Å². The van der Waals surface area contributed by atoms with Gasteiger partial charge in [-0.2, -0.15) is 0 Å². The third-order valence-electron chi connectivity index (χ3n) is 4.00. The molecule has 0 radical (unpaired) electrons. The molecule has 2 aromatic rings. The summed E-state index contributed by atoms with van der Waals surface area (Å²) in [4.78, 5) is 25.3. The monoisotopic (exact) mass is 391 g/mol. The molecule has 0 saturated heterocycles. The molecule has 134 valence electrons. The molecule has 1 unspecified atom stereocenters. The van der Waals surface area contributed by atoms with Crippen molar-refractivity contribution in [2.45, 2.75) is 12.5 Å². The summed E-state index contributed by atoms with van der Waals surface area (Å²) in [6.07, 6.45) is 1.39. The first-order valence-electron chi connectivity index (χ1n) is 7.85. The minimum absolute atomic E-state index is 0.0471. The van der Waals surface area contributed by atoms with Crippen molar-refractivity contribution in [2.24, 2.45) is 0 Å². The number of hydrogen-bond donors (Lipinski definition) is 1. The molecule has 0 saturated carbocycles. The van der Waals surface area contributed by atoms with Gasteiger partial charge in [-0.25, -0.2) is 4.79 Å². The van der Waals surface area contributed by atoms with Crippen LogP contribution < -0.4 is 4.74 Å². The molecule has 5 nitrogen and oxygen atoms in total. The molecular formula is C19H15Cl2NO4. The fourth-order valence-corrected chi connectivity index (χ4v) is 3.10. The van der Waals surface area contributed by atoms with Crippen LogP contribution in [0.25, 0.3) is 0 Å². The van der Waals surface area contributed by atoms with Gasteiger partial charge in [-0.05, 0) is 23.8 Å². The van der Waals surface area contributed by atoms with Crippen LogP contribution >= 0.6 is 23.2 Å². The minimum atomic E-state index is -1.11. The number of hydrogen-bond acceptors (Lipinski definition) is 3.